The molecule has 11 nitrogen and oxygen atoms in total. The highest BCUT2D eigenvalue weighted by molar-refractivity contribution is 6.06. The Bertz CT molecular complexity index is 1160. The largest absolute Gasteiger partial charge is 0.411 e. The van der Waals surface area contributed by atoms with Gasteiger partial charge in [0.25, 0.3) is 0 Å². The van der Waals surface area contributed by atoms with E-state index in [4.69, 9.17) is 14.9 Å². The van der Waals surface area contributed by atoms with Crippen LogP contribution in [0.25, 0.3) is 0 Å². The number of ether oxygens (including phenoxy) is 2. The summed E-state index contributed by atoms with van der Waals surface area (Å²) in [4.78, 5) is 19.1. The van der Waals surface area contributed by atoms with E-state index in [-0.39, 0.29) is 54.0 Å². The number of hydrogen-bond donors (Lipinski definition) is 4. The number of hydrogen-bond acceptors (Lipinski definition) is 11. The van der Waals surface area contributed by atoms with Gasteiger partial charge in [0.2, 0.25) is 5.95 Å². The van der Waals surface area contributed by atoms with Crippen molar-refractivity contribution in [3.63, 3.8) is 0 Å². The maximum absolute atomic E-state index is 13.1. The zero-order valence-corrected chi connectivity index (χ0v) is 22.1. The van der Waals surface area contributed by atoms with Crippen molar-refractivity contribution in [2.24, 2.45) is 5.92 Å². The Morgan fingerprint density at radius 1 is 1.17 bits per heavy atom. The van der Waals surface area contributed by atoms with Crippen LogP contribution >= 0.6 is 0 Å². The number of aromatic nitrogens is 4. The van der Waals surface area contributed by atoms with Gasteiger partial charge in [-0.1, -0.05) is 0 Å². The molecule has 41 heavy (non-hydrogen) atoms. The first-order valence-electron chi connectivity index (χ1n) is 13.0. The van der Waals surface area contributed by atoms with Crippen molar-refractivity contribution in [2.75, 3.05) is 61.5 Å². The Morgan fingerprint density at radius 3 is 2.56 bits per heavy atom. The van der Waals surface area contributed by atoms with Gasteiger partial charge in [-0.05, 0) is 31.7 Å². The van der Waals surface area contributed by atoms with Crippen LogP contribution in [0.2, 0.25) is 0 Å². The number of anilines is 4. The molecule has 4 N–H and O–H groups in total. The molecule has 0 spiro atoms. The van der Waals surface area contributed by atoms with Gasteiger partial charge in [0, 0.05) is 38.4 Å². The third kappa shape index (κ3) is 9.36. The summed E-state index contributed by atoms with van der Waals surface area (Å²) < 4.78 is 86.7. The van der Waals surface area contributed by atoms with E-state index < -0.39 is 31.7 Å². The van der Waals surface area contributed by atoms with Crippen LogP contribution in [-0.2, 0) is 9.47 Å². The average molecular weight is 592 g/mol. The van der Waals surface area contributed by atoms with Gasteiger partial charge in [-0.2, -0.15) is 31.3 Å². The van der Waals surface area contributed by atoms with Gasteiger partial charge in [-0.3, -0.25) is 0 Å². The zero-order valence-electron chi connectivity index (χ0n) is 22.1. The molecule has 0 radical (unpaired) electrons. The van der Waals surface area contributed by atoms with Crippen LogP contribution < -0.4 is 20.9 Å². The van der Waals surface area contributed by atoms with Gasteiger partial charge < -0.3 is 35.7 Å². The average Bonchev–Trinajstić information content (AvgIpc) is 3.73. The molecule has 3 heterocycles. The van der Waals surface area contributed by atoms with Crippen molar-refractivity contribution in [1.82, 2.24) is 25.3 Å². The summed E-state index contributed by atoms with van der Waals surface area (Å²) in [6.45, 7) is 0.167. The van der Waals surface area contributed by atoms with E-state index in [0.29, 0.717) is 38.3 Å². The third-order valence-corrected chi connectivity index (χ3v) is 6.21. The normalized spacial score (nSPS) is 18.7. The molecule has 0 aromatic carbocycles. The van der Waals surface area contributed by atoms with Crippen LogP contribution in [0.15, 0.2) is 18.6 Å². The highest BCUT2D eigenvalue weighted by atomic mass is 19.4. The molecular formula is C24H31F6N9O2. The van der Waals surface area contributed by atoms with Crippen molar-refractivity contribution >= 4 is 29.0 Å². The second-order valence-electron chi connectivity index (χ2n) is 9.81. The lowest BCUT2D eigenvalue weighted by atomic mass is 10.0. The van der Waals surface area contributed by atoms with Crippen LogP contribution in [0.3, 0.4) is 0 Å². The van der Waals surface area contributed by atoms with Gasteiger partial charge in [0.15, 0.2) is 5.82 Å². The van der Waals surface area contributed by atoms with Gasteiger partial charge >= 0.3 is 12.4 Å². The zero-order chi connectivity index (χ0) is 29.6. The molecule has 1 saturated carbocycles. The van der Waals surface area contributed by atoms with E-state index in [1.54, 1.807) is 6.07 Å². The molecule has 226 valence electrons. The van der Waals surface area contributed by atoms with E-state index in [1.165, 1.54) is 12.5 Å². The van der Waals surface area contributed by atoms with E-state index in [1.807, 2.05) is 11.8 Å². The van der Waals surface area contributed by atoms with Crippen molar-refractivity contribution in [2.45, 2.75) is 44.3 Å². The summed E-state index contributed by atoms with van der Waals surface area (Å²) in [5, 5.41) is 18.2. The number of nitrogens with zero attached hydrogens (tertiary/aromatic N) is 5. The molecule has 2 aromatic heterocycles. The van der Waals surface area contributed by atoms with E-state index in [2.05, 4.69) is 35.9 Å². The van der Waals surface area contributed by atoms with Crippen molar-refractivity contribution in [3.05, 3.63) is 24.3 Å². The number of halogens is 6. The predicted octanol–water partition coefficient (Wildman–Crippen LogP) is 3.52. The molecule has 0 bridgehead atoms. The Hall–Kier alpha value is -3.31. The molecule has 17 heteroatoms. The first-order chi connectivity index (χ1) is 19.4. The molecule has 4 rings (SSSR count). The molecule has 2 fully saturated rings. The molecule has 1 saturated heterocycles. The second-order valence-corrected chi connectivity index (χ2v) is 9.81. The van der Waals surface area contributed by atoms with Gasteiger partial charge in [-0.15, -0.1) is 0 Å². The first-order valence-corrected chi connectivity index (χ1v) is 13.0. The molecule has 0 amide bonds. The Balaban J connectivity index is 1.71. The Morgan fingerprint density at radius 2 is 1.93 bits per heavy atom. The fourth-order valence-electron chi connectivity index (χ4n) is 4.25. The van der Waals surface area contributed by atoms with Crippen LogP contribution in [-0.4, -0.2) is 96.1 Å². The second kappa shape index (κ2) is 13.1. The fourth-order valence-corrected chi connectivity index (χ4v) is 4.25. The van der Waals surface area contributed by atoms with Crippen molar-refractivity contribution in [1.29, 1.82) is 5.41 Å². The van der Waals surface area contributed by atoms with E-state index >= 15 is 0 Å². The molecule has 2 atom stereocenters. The summed E-state index contributed by atoms with van der Waals surface area (Å²) in [7, 11) is 0. The molecule has 1 unspecified atom stereocenters. The third-order valence-electron chi connectivity index (χ3n) is 6.21. The minimum atomic E-state index is -4.60. The van der Waals surface area contributed by atoms with Crippen LogP contribution in [0, 0.1) is 11.3 Å². The Kier molecular flexibility index (Phi) is 9.80. The number of alkyl halides is 6. The van der Waals surface area contributed by atoms with Crippen LogP contribution in [0.4, 0.5) is 49.6 Å². The first kappa shape index (κ1) is 30.6. The van der Waals surface area contributed by atoms with Crippen molar-refractivity contribution < 1.29 is 35.8 Å². The van der Waals surface area contributed by atoms with Crippen LogP contribution in [0.1, 0.15) is 25.5 Å². The molecule has 2 aromatic rings. The number of nitrogens with one attached hydrogen (secondary N) is 4. The van der Waals surface area contributed by atoms with Gasteiger partial charge in [0.1, 0.15) is 42.8 Å². The smallest absolute Gasteiger partial charge is 0.378 e. The van der Waals surface area contributed by atoms with Gasteiger partial charge in [0.05, 0.1) is 12.3 Å². The summed E-state index contributed by atoms with van der Waals surface area (Å²) in [6, 6.07) is 1.64. The maximum atomic E-state index is 13.1. The Labute approximate surface area is 232 Å². The summed E-state index contributed by atoms with van der Waals surface area (Å²) in [6.07, 6.45) is -6.38. The monoisotopic (exact) mass is 591 g/mol. The lowest BCUT2D eigenvalue weighted by Crippen LogP contribution is -2.50. The lowest BCUT2D eigenvalue weighted by molar-refractivity contribution is -0.180. The van der Waals surface area contributed by atoms with E-state index in [9.17, 15) is 26.3 Å². The summed E-state index contributed by atoms with van der Waals surface area (Å²) in [5.74, 6) is 0.364. The summed E-state index contributed by atoms with van der Waals surface area (Å²) >= 11 is 0. The number of piperazine rings is 1. The lowest BCUT2D eigenvalue weighted by Gasteiger charge is -2.33. The quantitative estimate of drug-likeness (QED) is 0.156. The maximum Gasteiger partial charge on any atom is 0.411 e. The highest BCUT2D eigenvalue weighted by Crippen LogP contribution is 2.38. The standard InChI is InChI=1S/C24H31F6N9O2/c1-14-10-39(8-6-33-14)22-37-18(17(31)20(15-2-3-15)41-12-24(28,29)30)19(34-7-9-40-11-23(25,26)27)21(38-22)36-16-4-5-32-13-35-16/h4-5,13-15,20,31,33-34H,2-3,6-12H2,1H3,(H,32,35,36,37,38)/t14-,20?/m1/s1. The topological polar surface area (TPSA) is 133 Å². The van der Waals surface area contributed by atoms with Gasteiger partial charge in [-0.25, -0.2) is 15.0 Å². The SMILES string of the molecule is C[C@@H]1CN(c2nc(Nc3ccncn3)c(NCCOCC(F)(F)F)c(C(=N)C(OCC(F)(F)F)C3CC3)n2)CCN1. The van der Waals surface area contributed by atoms with Crippen LogP contribution in [0.5, 0.6) is 0 Å². The highest BCUT2D eigenvalue weighted by Gasteiger charge is 2.40. The minimum absolute atomic E-state index is 0.0346. The number of rotatable bonds is 13. The van der Waals surface area contributed by atoms with E-state index in [0.717, 1.165) is 0 Å². The van der Waals surface area contributed by atoms with Crippen molar-refractivity contribution in [3.8, 4) is 0 Å². The minimum Gasteiger partial charge on any atom is -0.378 e. The summed E-state index contributed by atoms with van der Waals surface area (Å²) in [5.41, 5.74) is -0.238. The fraction of sp³-hybridized carbons (Fsp3) is 0.625. The molecule has 1 aliphatic carbocycles. The predicted molar refractivity (Wildman–Crippen MR) is 138 cm³/mol. The molecular weight excluding hydrogens is 560 g/mol. The molecule has 2 aliphatic rings. The molecule has 1 aliphatic heterocycles.